The fraction of sp³-hybridized carbons (Fsp3) is 0.200. The van der Waals surface area contributed by atoms with E-state index >= 15 is 0 Å². The van der Waals surface area contributed by atoms with E-state index in [-0.39, 0.29) is 18.1 Å². The second kappa shape index (κ2) is 9.00. The maximum Gasteiger partial charge on any atom is 0.422 e. The molecule has 1 N–H and O–H groups in total. The lowest BCUT2D eigenvalue weighted by molar-refractivity contribution is -0.153. The van der Waals surface area contributed by atoms with Crippen LogP contribution in [0.3, 0.4) is 0 Å². The molecule has 29 heavy (non-hydrogen) atoms. The lowest BCUT2D eigenvalue weighted by Gasteiger charge is -2.10. The van der Waals surface area contributed by atoms with Crippen LogP contribution in [-0.4, -0.2) is 23.7 Å². The van der Waals surface area contributed by atoms with Gasteiger partial charge in [-0.05, 0) is 48.5 Å². The lowest BCUT2D eigenvalue weighted by atomic mass is 10.2. The number of benzene rings is 2. The number of hydrogen-bond donors (Lipinski definition) is 1. The highest BCUT2D eigenvalue weighted by molar-refractivity contribution is 6.30. The smallest absolute Gasteiger partial charge is 0.422 e. The van der Waals surface area contributed by atoms with E-state index in [2.05, 4.69) is 15.0 Å². The summed E-state index contributed by atoms with van der Waals surface area (Å²) >= 11 is 5.85. The van der Waals surface area contributed by atoms with Gasteiger partial charge in [-0.2, -0.15) is 13.2 Å². The molecule has 0 saturated carbocycles. The molecular formula is C20H16ClF3N2O3. The molecule has 5 nitrogen and oxygen atoms in total. The molecule has 0 bridgehead atoms. The van der Waals surface area contributed by atoms with Crippen molar-refractivity contribution >= 4 is 23.2 Å². The summed E-state index contributed by atoms with van der Waals surface area (Å²) in [7, 11) is 0. The van der Waals surface area contributed by atoms with Gasteiger partial charge in [-0.25, -0.2) is 4.98 Å². The van der Waals surface area contributed by atoms with Crippen LogP contribution in [0, 0.1) is 0 Å². The highest BCUT2D eigenvalue weighted by Crippen LogP contribution is 2.23. The van der Waals surface area contributed by atoms with E-state index in [1.54, 1.807) is 30.5 Å². The van der Waals surface area contributed by atoms with E-state index < -0.39 is 12.8 Å². The number of amides is 1. The highest BCUT2D eigenvalue weighted by atomic mass is 35.5. The first-order valence-electron chi connectivity index (χ1n) is 8.58. The van der Waals surface area contributed by atoms with Gasteiger partial charge in [0.05, 0.1) is 6.20 Å². The van der Waals surface area contributed by atoms with Crippen molar-refractivity contribution in [2.24, 2.45) is 0 Å². The van der Waals surface area contributed by atoms with Gasteiger partial charge < -0.3 is 14.5 Å². The summed E-state index contributed by atoms with van der Waals surface area (Å²) in [6.07, 6.45) is -2.39. The zero-order valence-electron chi connectivity index (χ0n) is 15.0. The Morgan fingerprint density at radius 3 is 2.45 bits per heavy atom. The van der Waals surface area contributed by atoms with E-state index in [0.29, 0.717) is 28.8 Å². The van der Waals surface area contributed by atoms with Crippen molar-refractivity contribution in [2.45, 2.75) is 19.0 Å². The summed E-state index contributed by atoms with van der Waals surface area (Å²) in [6.45, 7) is -1.37. The molecule has 0 unspecified atom stereocenters. The van der Waals surface area contributed by atoms with Crippen LogP contribution in [0.2, 0.25) is 5.02 Å². The van der Waals surface area contributed by atoms with Crippen LogP contribution in [0.4, 0.5) is 18.9 Å². The van der Waals surface area contributed by atoms with Gasteiger partial charge in [0.15, 0.2) is 18.3 Å². The Balaban J connectivity index is 1.48. The first-order chi connectivity index (χ1) is 13.8. The molecule has 9 heteroatoms. The Morgan fingerprint density at radius 2 is 1.79 bits per heavy atom. The second-order valence-corrected chi connectivity index (χ2v) is 6.54. The average molecular weight is 425 g/mol. The molecule has 1 amide bonds. The number of ether oxygens (including phenoxy) is 1. The minimum Gasteiger partial charge on any atom is -0.484 e. The van der Waals surface area contributed by atoms with Crippen molar-refractivity contribution in [1.82, 2.24) is 4.98 Å². The topological polar surface area (TPSA) is 64.4 Å². The highest BCUT2D eigenvalue weighted by Gasteiger charge is 2.28. The largest absolute Gasteiger partial charge is 0.484 e. The van der Waals surface area contributed by atoms with Gasteiger partial charge in [-0.1, -0.05) is 11.6 Å². The molecule has 3 rings (SSSR count). The van der Waals surface area contributed by atoms with E-state index in [1.165, 1.54) is 24.3 Å². The summed E-state index contributed by atoms with van der Waals surface area (Å²) in [5, 5.41) is 3.27. The lowest BCUT2D eigenvalue weighted by Crippen LogP contribution is -2.19. The normalized spacial score (nSPS) is 11.3. The third-order valence-electron chi connectivity index (χ3n) is 3.79. The van der Waals surface area contributed by atoms with Gasteiger partial charge in [0, 0.05) is 29.1 Å². The first-order valence-corrected chi connectivity index (χ1v) is 8.96. The predicted molar refractivity (Wildman–Crippen MR) is 102 cm³/mol. The van der Waals surface area contributed by atoms with E-state index in [4.69, 9.17) is 16.0 Å². The van der Waals surface area contributed by atoms with Gasteiger partial charge >= 0.3 is 6.18 Å². The Bertz CT molecular complexity index is 954. The van der Waals surface area contributed by atoms with Crippen LogP contribution in [0.1, 0.15) is 12.3 Å². The van der Waals surface area contributed by atoms with Gasteiger partial charge in [0.25, 0.3) is 0 Å². The van der Waals surface area contributed by atoms with Crippen LogP contribution in [0.5, 0.6) is 5.75 Å². The second-order valence-electron chi connectivity index (χ2n) is 6.10. The van der Waals surface area contributed by atoms with Crippen LogP contribution in [0.25, 0.3) is 11.3 Å². The number of hydrogen-bond acceptors (Lipinski definition) is 4. The maximum absolute atomic E-state index is 12.1. The maximum atomic E-state index is 12.1. The van der Waals surface area contributed by atoms with Crippen molar-refractivity contribution < 1.29 is 27.1 Å². The number of anilines is 1. The van der Waals surface area contributed by atoms with E-state index in [9.17, 15) is 18.0 Å². The molecule has 0 saturated heterocycles. The molecule has 0 aliphatic rings. The standard InChI is InChI=1S/C20H16ClF3N2O3/c21-14-3-1-13(2-4-14)17-11-25-19(29-17)10-9-18(27)26-15-5-7-16(8-6-15)28-12-20(22,23)24/h1-8,11H,9-10,12H2,(H,26,27). The number of carbonyl (C=O) groups is 1. The SMILES string of the molecule is O=C(CCc1ncc(-c2ccc(Cl)cc2)o1)Nc1ccc(OCC(F)(F)F)cc1. The molecule has 2 aromatic carbocycles. The Labute approximate surface area is 169 Å². The summed E-state index contributed by atoms with van der Waals surface area (Å²) < 4.78 is 46.6. The molecule has 3 aromatic rings. The Kier molecular flexibility index (Phi) is 6.43. The molecule has 152 valence electrons. The molecular weight excluding hydrogens is 409 g/mol. The quantitative estimate of drug-likeness (QED) is 0.543. The number of aromatic nitrogens is 1. The van der Waals surface area contributed by atoms with Crippen LogP contribution < -0.4 is 10.1 Å². The van der Waals surface area contributed by atoms with Crippen LogP contribution >= 0.6 is 11.6 Å². The molecule has 0 spiro atoms. The van der Waals surface area contributed by atoms with Crippen LogP contribution in [0.15, 0.2) is 59.1 Å². The summed E-state index contributed by atoms with van der Waals surface area (Å²) in [5.74, 6) is 0.780. The number of rotatable bonds is 7. The first kappa shape index (κ1) is 20.7. The van der Waals surface area contributed by atoms with Gasteiger partial charge in [0.2, 0.25) is 5.91 Å². The minimum absolute atomic E-state index is 0.0647. The van der Waals surface area contributed by atoms with Gasteiger partial charge in [0.1, 0.15) is 5.75 Å². The zero-order valence-corrected chi connectivity index (χ0v) is 15.8. The molecule has 0 atom stereocenters. The molecule has 0 aliphatic carbocycles. The summed E-state index contributed by atoms with van der Waals surface area (Å²) in [5.41, 5.74) is 1.27. The van der Waals surface area contributed by atoms with Crippen molar-refractivity contribution in [3.63, 3.8) is 0 Å². The number of alkyl halides is 3. The van der Waals surface area contributed by atoms with Crippen molar-refractivity contribution in [3.05, 3.63) is 65.6 Å². The number of aryl methyl sites for hydroxylation is 1. The van der Waals surface area contributed by atoms with Crippen molar-refractivity contribution in [3.8, 4) is 17.1 Å². The number of nitrogens with zero attached hydrogens (tertiary/aromatic N) is 1. The van der Waals surface area contributed by atoms with Crippen LogP contribution in [-0.2, 0) is 11.2 Å². The van der Waals surface area contributed by atoms with Gasteiger partial charge in [-0.15, -0.1) is 0 Å². The number of carbonyl (C=O) groups excluding carboxylic acids is 1. The molecule has 1 aromatic heterocycles. The minimum atomic E-state index is -4.40. The zero-order chi connectivity index (χ0) is 20.9. The van der Waals surface area contributed by atoms with Gasteiger partial charge in [-0.3, -0.25) is 4.79 Å². The number of oxazole rings is 1. The number of nitrogens with one attached hydrogen (secondary N) is 1. The monoisotopic (exact) mass is 424 g/mol. The third kappa shape index (κ3) is 6.53. The third-order valence-corrected chi connectivity index (χ3v) is 4.04. The van der Waals surface area contributed by atoms with E-state index in [1.807, 2.05) is 0 Å². The fourth-order valence-electron chi connectivity index (χ4n) is 2.42. The summed E-state index contributed by atoms with van der Waals surface area (Å²) in [6, 6.07) is 12.7. The molecule has 0 radical (unpaired) electrons. The molecule has 1 heterocycles. The fourth-order valence-corrected chi connectivity index (χ4v) is 2.54. The molecule has 0 aliphatic heterocycles. The predicted octanol–water partition coefficient (Wildman–Crippen LogP) is 5.51. The van der Waals surface area contributed by atoms with Crippen molar-refractivity contribution in [2.75, 3.05) is 11.9 Å². The average Bonchev–Trinajstić information content (AvgIpc) is 3.15. The van der Waals surface area contributed by atoms with E-state index in [0.717, 1.165) is 5.56 Å². The van der Waals surface area contributed by atoms with Crippen molar-refractivity contribution in [1.29, 1.82) is 0 Å². The number of halogens is 4. The molecule has 0 fully saturated rings. The Hall–Kier alpha value is -3.00. The summed E-state index contributed by atoms with van der Waals surface area (Å²) in [4.78, 5) is 16.2. The Morgan fingerprint density at radius 1 is 1.10 bits per heavy atom.